The van der Waals surface area contributed by atoms with Gasteiger partial charge in [0.15, 0.2) is 0 Å². The number of anilines is 1. The number of fused-ring (bicyclic) bond motifs is 1. The van der Waals surface area contributed by atoms with Crippen LogP contribution in [-0.2, 0) is 9.59 Å². The van der Waals surface area contributed by atoms with Gasteiger partial charge >= 0.3 is 5.97 Å². The molecule has 0 aliphatic carbocycles. The SMILES string of the molecule is CC(=CC(=O)Nc1ccccc1OCCCC(=O)O)c1ccc2c(ccn2C(c2ccc(C)cc2)c2ccccc2C)c1. The number of ether oxygens (including phenoxy) is 1. The van der Waals surface area contributed by atoms with Gasteiger partial charge in [-0.05, 0) is 85.4 Å². The van der Waals surface area contributed by atoms with Crippen LogP contribution in [-0.4, -0.2) is 28.2 Å². The Morgan fingerprint density at radius 1 is 0.930 bits per heavy atom. The van der Waals surface area contributed by atoms with Gasteiger partial charge in [-0.15, -0.1) is 0 Å². The van der Waals surface area contributed by atoms with E-state index < -0.39 is 5.97 Å². The van der Waals surface area contributed by atoms with E-state index in [0.717, 1.165) is 22.0 Å². The van der Waals surface area contributed by atoms with Crippen LogP contribution in [0.1, 0.15) is 53.6 Å². The number of carbonyl (C=O) groups is 2. The first-order valence-electron chi connectivity index (χ1n) is 14.5. The van der Waals surface area contributed by atoms with Gasteiger partial charge in [0.2, 0.25) is 5.91 Å². The first-order chi connectivity index (χ1) is 20.8. The number of allylic oxidation sites excluding steroid dienone is 1. The third-order valence-corrected chi connectivity index (χ3v) is 7.62. The van der Waals surface area contributed by atoms with Crippen molar-refractivity contribution in [3.63, 3.8) is 0 Å². The molecule has 0 spiro atoms. The molecule has 1 heterocycles. The molecule has 0 saturated heterocycles. The molecule has 218 valence electrons. The second kappa shape index (κ2) is 13.3. The van der Waals surface area contributed by atoms with E-state index in [4.69, 9.17) is 9.84 Å². The van der Waals surface area contributed by atoms with Crippen LogP contribution in [0.25, 0.3) is 16.5 Å². The molecule has 0 aliphatic heterocycles. The number of aliphatic carboxylic acids is 1. The Balaban J connectivity index is 1.38. The highest BCUT2D eigenvalue weighted by Gasteiger charge is 2.20. The van der Waals surface area contributed by atoms with Crippen molar-refractivity contribution in [1.29, 1.82) is 0 Å². The third kappa shape index (κ3) is 7.04. The fourth-order valence-electron chi connectivity index (χ4n) is 5.32. The smallest absolute Gasteiger partial charge is 0.303 e. The zero-order chi connectivity index (χ0) is 30.3. The normalized spacial score (nSPS) is 12.2. The number of nitrogens with zero attached hydrogens (tertiary/aromatic N) is 1. The van der Waals surface area contributed by atoms with E-state index in [1.54, 1.807) is 18.2 Å². The van der Waals surface area contributed by atoms with E-state index in [0.29, 0.717) is 17.9 Å². The summed E-state index contributed by atoms with van der Waals surface area (Å²) in [4.78, 5) is 23.7. The van der Waals surface area contributed by atoms with Crippen LogP contribution in [0.2, 0.25) is 0 Å². The number of rotatable bonds is 11. The number of aromatic nitrogens is 1. The molecule has 1 atom stereocenters. The summed E-state index contributed by atoms with van der Waals surface area (Å²) in [7, 11) is 0. The van der Waals surface area contributed by atoms with Crippen molar-refractivity contribution in [2.24, 2.45) is 0 Å². The van der Waals surface area contributed by atoms with Crippen LogP contribution < -0.4 is 10.1 Å². The Bertz CT molecular complexity index is 1780. The van der Waals surface area contributed by atoms with Crippen molar-refractivity contribution < 1.29 is 19.4 Å². The second-order valence-electron chi connectivity index (χ2n) is 10.8. The first-order valence-corrected chi connectivity index (χ1v) is 14.5. The summed E-state index contributed by atoms with van der Waals surface area (Å²) in [6, 6.07) is 32.9. The number of carboxylic acids is 1. The highest BCUT2D eigenvalue weighted by Crippen LogP contribution is 2.34. The minimum atomic E-state index is -0.863. The molecule has 0 saturated carbocycles. The van der Waals surface area contributed by atoms with E-state index in [1.807, 2.05) is 19.1 Å². The van der Waals surface area contributed by atoms with Crippen LogP contribution in [0.5, 0.6) is 5.75 Å². The van der Waals surface area contributed by atoms with Crippen LogP contribution >= 0.6 is 0 Å². The van der Waals surface area contributed by atoms with Crippen LogP contribution in [0.15, 0.2) is 109 Å². The van der Waals surface area contributed by atoms with Crippen molar-refractivity contribution in [2.75, 3.05) is 11.9 Å². The number of carbonyl (C=O) groups excluding carboxylic acids is 1. The molecule has 1 aromatic heterocycles. The number of benzene rings is 4. The van der Waals surface area contributed by atoms with E-state index >= 15 is 0 Å². The maximum atomic E-state index is 13.0. The third-order valence-electron chi connectivity index (χ3n) is 7.62. The second-order valence-corrected chi connectivity index (χ2v) is 10.8. The number of nitrogens with one attached hydrogen (secondary N) is 1. The number of hydrogen-bond donors (Lipinski definition) is 2. The quantitative estimate of drug-likeness (QED) is 0.124. The number of hydrogen-bond acceptors (Lipinski definition) is 3. The Labute approximate surface area is 252 Å². The molecule has 1 unspecified atom stereocenters. The highest BCUT2D eigenvalue weighted by molar-refractivity contribution is 6.05. The Kier molecular flexibility index (Phi) is 9.06. The summed E-state index contributed by atoms with van der Waals surface area (Å²) >= 11 is 0. The van der Waals surface area contributed by atoms with Crippen molar-refractivity contribution in [3.8, 4) is 5.75 Å². The van der Waals surface area contributed by atoms with Crippen molar-refractivity contribution in [2.45, 2.75) is 39.7 Å². The molecule has 5 rings (SSSR count). The van der Waals surface area contributed by atoms with E-state index in [2.05, 4.69) is 103 Å². The summed E-state index contributed by atoms with van der Waals surface area (Å²) in [5, 5.41) is 12.8. The maximum absolute atomic E-state index is 13.0. The van der Waals surface area contributed by atoms with Gasteiger partial charge in [0.25, 0.3) is 0 Å². The minimum Gasteiger partial charge on any atom is -0.491 e. The molecular formula is C37H36N2O4. The van der Waals surface area contributed by atoms with Crippen molar-refractivity contribution in [1.82, 2.24) is 4.57 Å². The molecule has 2 N–H and O–H groups in total. The lowest BCUT2D eigenvalue weighted by Gasteiger charge is -2.23. The summed E-state index contributed by atoms with van der Waals surface area (Å²) in [5.74, 6) is -0.625. The number of carboxylic acid groups (broad SMARTS) is 1. The zero-order valence-corrected chi connectivity index (χ0v) is 24.7. The van der Waals surface area contributed by atoms with Crippen LogP contribution in [0.3, 0.4) is 0 Å². The van der Waals surface area contributed by atoms with Gasteiger partial charge in [-0.1, -0.05) is 72.3 Å². The highest BCUT2D eigenvalue weighted by atomic mass is 16.5. The van der Waals surface area contributed by atoms with Gasteiger partial charge < -0.3 is 19.7 Å². The Hall–Kier alpha value is -5.10. The molecule has 6 heteroatoms. The van der Waals surface area contributed by atoms with Gasteiger partial charge in [0, 0.05) is 29.6 Å². The predicted molar refractivity (Wildman–Crippen MR) is 173 cm³/mol. The monoisotopic (exact) mass is 572 g/mol. The number of para-hydroxylation sites is 2. The lowest BCUT2D eigenvalue weighted by atomic mass is 9.94. The minimum absolute atomic E-state index is 0.0268. The molecule has 4 aromatic carbocycles. The molecule has 0 fully saturated rings. The fraction of sp³-hybridized carbons (Fsp3) is 0.189. The van der Waals surface area contributed by atoms with Gasteiger partial charge in [-0.3, -0.25) is 9.59 Å². The standard InChI is InChI=1S/C37H36N2O4/c1-25-14-16-28(17-15-25)37(31-10-5-4-9-26(31)2)39-21-20-30-24-29(18-19-33(30)39)27(3)23-35(40)38-32-11-6-7-12-34(32)43-22-8-13-36(41)42/h4-7,9-12,14-21,23-24,37H,8,13,22H2,1-3H3,(H,38,40)(H,41,42). The summed E-state index contributed by atoms with van der Waals surface area (Å²) in [6.07, 6.45) is 4.15. The van der Waals surface area contributed by atoms with Gasteiger partial charge in [-0.25, -0.2) is 0 Å². The van der Waals surface area contributed by atoms with Gasteiger partial charge in [-0.2, -0.15) is 0 Å². The maximum Gasteiger partial charge on any atom is 0.303 e. The van der Waals surface area contributed by atoms with Crippen molar-refractivity contribution >= 4 is 34.0 Å². The van der Waals surface area contributed by atoms with Crippen molar-refractivity contribution in [3.05, 3.63) is 137 Å². The fourth-order valence-corrected chi connectivity index (χ4v) is 5.32. The summed E-state index contributed by atoms with van der Waals surface area (Å²) in [5.41, 5.74) is 8.40. The van der Waals surface area contributed by atoms with E-state index in [-0.39, 0.29) is 25.0 Å². The summed E-state index contributed by atoms with van der Waals surface area (Å²) < 4.78 is 8.05. The molecule has 5 aromatic rings. The number of aryl methyl sites for hydroxylation is 2. The molecule has 1 amide bonds. The molecule has 43 heavy (non-hydrogen) atoms. The molecule has 6 nitrogen and oxygen atoms in total. The van der Waals surface area contributed by atoms with Gasteiger partial charge in [0.1, 0.15) is 5.75 Å². The largest absolute Gasteiger partial charge is 0.491 e. The molecule has 0 radical (unpaired) electrons. The van der Waals surface area contributed by atoms with Crippen LogP contribution in [0, 0.1) is 13.8 Å². The molecule has 0 aliphatic rings. The Morgan fingerprint density at radius 2 is 1.67 bits per heavy atom. The number of amides is 1. The molecule has 0 bridgehead atoms. The average Bonchev–Trinajstić information content (AvgIpc) is 3.41. The Morgan fingerprint density at radius 3 is 2.44 bits per heavy atom. The predicted octanol–water partition coefficient (Wildman–Crippen LogP) is 8.18. The summed E-state index contributed by atoms with van der Waals surface area (Å²) in [6.45, 7) is 6.44. The lowest BCUT2D eigenvalue weighted by molar-refractivity contribution is -0.137. The van der Waals surface area contributed by atoms with Crippen LogP contribution in [0.4, 0.5) is 5.69 Å². The topological polar surface area (TPSA) is 80.6 Å². The van der Waals surface area contributed by atoms with E-state index in [1.165, 1.54) is 22.3 Å². The first kappa shape index (κ1) is 29.4. The average molecular weight is 573 g/mol. The lowest BCUT2D eigenvalue weighted by Crippen LogP contribution is -2.12. The zero-order valence-electron chi connectivity index (χ0n) is 24.7. The van der Waals surface area contributed by atoms with E-state index in [9.17, 15) is 9.59 Å². The van der Waals surface area contributed by atoms with Gasteiger partial charge in [0.05, 0.1) is 18.3 Å². The molecular weight excluding hydrogens is 536 g/mol.